The molecule has 3 heteroatoms. The number of nitrogens with zero attached hydrogens (tertiary/aromatic N) is 2. The van der Waals surface area contributed by atoms with Gasteiger partial charge in [0.1, 0.15) is 0 Å². The number of piperazine rings is 1. The van der Waals surface area contributed by atoms with Crippen molar-refractivity contribution in [3.8, 4) is 0 Å². The first-order valence-electron chi connectivity index (χ1n) is 8.93. The molecule has 3 unspecified atom stereocenters. The molecule has 0 amide bonds. The van der Waals surface area contributed by atoms with E-state index < -0.39 is 0 Å². The molecule has 0 radical (unpaired) electrons. The first kappa shape index (κ1) is 17.2. The molecular formula is C18H36N2O. The average Bonchev–Trinajstić information content (AvgIpc) is 2.40. The minimum absolute atomic E-state index is 0.0688. The second-order valence-electron chi connectivity index (χ2n) is 8.60. The zero-order valence-corrected chi connectivity index (χ0v) is 14.8. The Morgan fingerprint density at radius 3 is 2.19 bits per heavy atom. The monoisotopic (exact) mass is 296 g/mol. The van der Waals surface area contributed by atoms with Gasteiger partial charge in [-0.15, -0.1) is 0 Å². The van der Waals surface area contributed by atoms with Gasteiger partial charge in [0.25, 0.3) is 0 Å². The molecule has 1 saturated carbocycles. The van der Waals surface area contributed by atoms with Crippen molar-refractivity contribution in [1.82, 2.24) is 9.80 Å². The van der Waals surface area contributed by atoms with Crippen LogP contribution in [0.5, 0.6) is 0 Å². The fraction of sp³-hybridized carbons (Fsp3) is 1.00. The number of aliphatic hydroxyl groups is 1. The maximum Gasteiger partial charge on any atom is 0.0580 e. The average molecular weight is 296 g/mol. The van der Waals surface area contributed by atoms with Crippen LogP contribution in [-0.2, 0) is 0 Å². The van der Waals surface area contributed by atoms with E-state index in [2.05, 4.69) is 44.4 Å². The topological polar surface area (TPSA) is 26.7 Å². The van der Waals surface area contributed by atoms with Crippen molar-refractivity contribution in [3.05, 3.63) is 0 Å². The van der Waals surface area contributed by atoms with Crippen molar-refractivity contribution in [1.29, 1.82) is 0 Å². The summed E-state index contributed by atoms with van der Waals surface area (Å²) in [4.78, 5) is 5.16. The van der Waals surface area contributed by atoms with E-state index in [1.807, 2.05) is 0 Å². The Bertz CT molecular complexity index is 316. The molecule has 0 bridgehead atoms. The second kappa shape index (κ2) is 6.97. The van der Waals surface area contributed by atoms with Crippen molar-refractivity contribution < 1.29 is 5.11 Å². The standard InChI is InChI=1S/C18H36N2O/c1-14(2)15-6-7-17(21)16(12-15)13-19-8-10-20(11-9-19)18(3,4)5/h14-17,21H,6-13H2,1-5H3. The maximum absolute atomic E-state index is 10.3. The van der Waals surface area contributed by atoms with Gasteiger partial charge in [0.2, 0.25) is 0 Å². The van der Waals surface area contributed by atoms with Crippen LogP contribution in [0.3, 0.4) is 0 Å². The molecule has 2 rings (SSSR count). The SMILES string of the molecule is CC(C)C1CCC(O)C(CN2CCN(C(C)(C)C)CC2)C1. The zero-order valence-electron chi connectivity index (χ0n) is 14.8. The van der Waals surface area contributed by atoms with Gasteiger partial charge < -0.3 is 10.0 Å². The lowest BCUT2D eigenvalue weighted by molar-refractivity contribution is -0.000307. The first-order valence-corrected chi connectivity index (χ1v) is 8.93. The second-order valence-corrected chi connectivity index (χ2v) is 8.60. The van der Waals surface area contributed by atoms with Crippen LogP contribution in [0.2, 0.25) is 0 Å². The van der Waals surface area contributed by atoms with E-state index in [0.29, 0.717) is 11.5 Å². The summed E-state index contributed by atoms with van der Waals surface area (Å²) in [6.07, 6.45) is 3.38. The Balaban J connectivity index is 1.82. The number of hydrogen-bond acceptors (Lipinski definition) is 3. The van der Waals surface area contributed by atoms with Crippen molar-refractivity contribution in [2.75, 3.05) is 32.7 Å². The lowest BCUT2D eigenvalue weighted by Gasteiger charge is -2.44. The Labute approximate surface area is 131 Å². The minimum Gasteiger partial charge on any atom is -0.393 e. The highest BCUT2D eigenvalue weighted by molar-refractivity contribution is 4.86. The fourth-order valence-corrected chi connectivity index (χ4v) is 4.02. The summed E-state index contributed by atoms with van der Waals surface area (Å²) in [5.74, 6) is 2.07. The molecule has 0 aromatic carbocycles. The molecule has 1 aliphatic heterocycles. The fourth-order valence-electron chi connectivity index (χ4n) is 4.02. The molecule has 3 atom stereocenters. The van der Waals surface area contributed by atoms with Crippen LogP contribution in [-0.4, -0.2) is 59.3 Å². The van der Waals surface area contributed by atoms with Crippen molar-refractivity contribution in [3.63, 3.8) is 0 Å². The largest absolute Gasteiger partial charge is 0.393 e. The lowest BCUT2D eigenvalue weighted by atomic mass is 9.74. The zero-order chi connectivity index (χ0) is 15.6. The summed E-state index contributed by atoms with van der Waals surface area (Å²) in [6, 6.07) is 0. The number of hydrogen-bond donors (Lipinski definition) is 1. The smallest absolute Gasteiger partial charge is 0.0580 e. The molecule has 1 heterocycles. The van der Waals surface area contributed by atoms with Gasteiger partial charge in [-0.1, -0.05) is 13.8 Å². The van der Waals surface area contributed by atoms with E-state index in [9.17, 15) is 5.11 Å². The molecule has 2 aliphatic rings. The lowest BCUT2D eigenvalue weighted by Crippen LogP contribution is -2.54. The quantitative estimate of drug-likeness (QED) is 0.867. The molecule has 1 N–H and O–H groups in total. The third-order valence-electron chi connectivity index (χ3n) is 5.74. The van der Waals surface area contributed by atoms with E-state index in [1.165, 1.54) is 25.9 Å². The van der Waals surface area contributed by atoms with Crippen LogP contribution in [0.4, 0.5) is 0 Å². The summed E-state index contributed by atoms with van der Waals surface area (Å²) in [6.45, 7) is 17.3. The van der Waals surface area contributed by atoms with E-state index >= 15 is 0 Å². The van der Waals surface area contributed by atoms with Gasteiger partial charge in [0.15, 0.2) is 0 Å². The molecule has 1 aliphatic carbocycles. The minimum atomic E-state index is -0.0688. The predicted molar refractivity (Wildman–Crippen MR) is 89.4 cm³/mol. The Morgan fingerprint density at radius 1 is 1.05 bits per heavy atom. The van der Waals surface area contributed by atoms with E-state index in [1.54, 1.807) is 0 Å². The molecule has 124 valence electrons. The summed E-state index contributed by atoms with van der Waals surface area (Å²) in [5, 5.41) is 10.3. The van der Waals surface area contributed by atoms with E-state index in [-0.39, 0.29) is 6.10 Å². The van der Waals surface area contributed by atoms with Crippen LogP contribution in [0, 0.1) is 17.8 Å². The van der Waals surface area contributed by atoms with Gasteiger partial charge in [-0.05, 0) is 57.8 Å². The summed E-state index contributed by atoms with van der Waals surface area (Å²) in [7, 11) is 0. The summed E-state index contributed by atoms with van der Waals surface area (Å²) < 4.78 is 0. The maximum atomic E-state index is 10.3. The van der Waals surface area contributed by atoms with Crippen LogP contribution >= 0.6 is 0 Å². The molecule has 0 spiro atoms. The van der Waals surface area contributed by atoms with Crippen LogP contribution in [0.1, 0.15) is 53.9 Å². The number of rotatable bonds is 3. The molecular weight excluding hydrogens is 260 g/mol. The van der Waals surface area contributed by atoms with Crippen molar-refractivity contribution in [2.45, 2.75) is 65.5 Å². The third-order valence-corrected chi connectivity index (χ3v) is 5.74. The summed E-state index contributed by atoms with van der Waals surface area (Å²) >= 11 is 0. The van der Waals surface area contributed by atoms with E-state index in [4.69, 9.17) is 0 Å². The third kappa shape index (κ3) is 4.67. The van der Waals surface area contributed by atoms with Gasteiger partial charge in [0, 0.05) is 38.3 Å². The van der Waals surface area contributed by atoms with Gasteiger partial charge in [-0.2, -0.15) is 0 Å². The van der Waals surface area contributed by atoms with Crippen LogP contribution in [0.25, 0.3) is 0 Å². The highest BCUT2D eigenvalue weighted by Gasteiger charge is 2.33. The highest BCUT2D eigenvalue weighted by Crippen LogP contribution is 2.34. The first-order chi connectivity index (χ1) is 9.77. The molecule has 21 heavy (non-hydrogen) atoms. The molecule has 1 saturated heterocycles. The summed E-state index contributed by atoms with van der Waals surface area (Å²) in [5.41, 5.74) is 0.291. The Kier molecular flexibility index (Phi) is 5.72. The van der Waals surface area contributed by atoms with Crippen LogP contribution < -0.4 is 0 Å². The van der Waals surface area contributed by atoms with Gasteiger partial charge in [-0.25, -0.2) is 0 Å². The Hall–Kier alpha value is -0.120. The molecule has 3 nitrogen and oxygen atoms in total. The van der Waals surface area contributed by atoms with Gasteiger partial charge in [-0.3, -0.25) is 4.90 Å². The Morgan fingerprint density at radius 2 is 1.67 bits per heavy atom. The van der Waals surface area contributed by atoms with Crippen molar-refractivity contribution in [2.24, 2.45) is 17.8 Å². The van der Waals surface area contributed by atoms with Gasteiger partial charge >= 0.3 is 0 Å². The van der Waals surface area contributed by atoms with Gasteiger partial charge in [0.05, 0.1) is 6.10 Å². The van der Waals surface area contributed by atoms with E-state index in [0.717, 1.165) is 37.9 Å². The normalized spacial score (nSPS) is 33.6. The highest BCUT2D eigenvalue weighted by atomic mass is 16.3. The molecule has 0 aromatic heterocycles. The van der Waals surface area contributed by atoms with Crippen LogP contribution in [0.15, 0.2) is 0 Å². The molecule has 2 fully saturated rings. The predicted octanol–water partition coefficient (Wildman–Crippen LogP) is 2.84. The molecule has 0 aromatic rings. The number of aliphatic hydroxyl groups excluding tert-OH is 1. The van der Waals surface area contributed by atoms with Crippen molar-refractivity contribution >= 4 is 0 Å².